The van der Waals surface area contributed by atoms with Crippen molar-refractivity contribution in [2.75, 3.05) is 20.7 Å². The van der Waals surface area contributed by atoms with E-state index < -0.39 is 5.54 Å². The minimum absolute atomic E-state index is 0.0651. The summed E-state index contributed by atoms with van der Waals surface area (Å²) in [4.78, 5) is 40.1. The van der Waals surface area contributed by atoms with Gasteiger partial charge in [-0.2, -0.15) is 0 Å². The summed E-state index contributed by atoms with van der Waals surface area (Å²) in [6, 6.07) is 4.95. The highest BCUT2D eigenvalue weighted by molar-refractivity contribution is 6.30. The fraction of sp³-hybridized carbons (Fsp3) is 0.550. The second-order valence-electron chi connectivity index (χ2n) is 7.49. The Hall–Kier alpha value is -2.28. The highest BCUT2D eigenvalue weighted by Gasteiger charge is 2.52. The maximum Gasteiger partial charge on any atom is 0.325 e. The van der Waals surface area contributed by atoms with Gasteiger partial charge in [0, 0.05) is 37.1 Å². The van der Waals surface area contributed by atoms with Crippen LogP contribution in [0.3, 0.4) is 0 Å². The molecule has 3 rings (SSSR count). The quantitative estimate of drug-likeness (QED) is 0.705. The molecule has 1 spiro atoms. The van der Waals surface area contributed by atoms with E-state index in [0.717, 1.165) is 18.4 Å². The van der Waals surface area contributed by atoms with Gasteiger partial charge in [-0.05, 0) is 37.5 Å². The van der Waals surface area contributed by atoms with E-state index in [4.69, 9.17) is 16.3 Å². The number of hydrogen-bond donors (Lipinski definition) is 1. The summed E-state index contributed by atoms with van der Waals surface area (Å²) in [6.07, 6.45) is 4.01. The molecular weight excluding hydrogens is 382 g/mol. The first-order chi connectivity index (χ1) is 13.4. The van der Waals surface area contributed by atoms with Gasteiger partial charge >= 0.3 is 6.03 Å². The fourth-order valence-electron chi connectivity index (χ4n) is 3.99. The van der Waals surface area contributed by atoms with E-state index in [2.05, 4.69) is 5.32 Å². The third-order valence-corrected chi connectivity index (χ3v) is 5.79. The Kier molecular flexibility index (Phi) is 6.13. The molecule has 0 aromatic heterocycles. The van der Waals surface area contributed by atoms with Crippen LogP contribution in [0.15, 0.2) is 18.2 Å². The van der Waals surface area contributed by atoms with Gasteiger partial charge in [-0.3, -0.25) is 14.5 Å². The van der Waals surface area contributed by atoms with Gasteiger partial charge in [0.05, 0.1) is 7.11 Å². The summed E-state index contributed by atoms with van der Waals surface area (Å²) in [5.41, 5.74) is 0.129. The first kappa shape index (κ1) is 20.5. The van der Waals surface area contributed by atoms with Crippen LogP contribution in [0, 0.1) is 0 Å². The Morgan fingerprint density at radius 2 is 2.04 bits per heavy atom. The van der Waals surface area contributed by atoms with Crippen LogP contribution in [-0.4, -0.2) is 53.9 Å². The number of methoxy groups -OCH3 is 1. The summed E-state index contributed by atoms with van der Waals surface area (Å²) in [7, 11) is 3.29. The zero-order chi connectivity index (χ0) is 20.3. The maximum absolute atomic E-state index is 12.6. The van der Waals surface area contributed by atoms with Crippen molar-refractivity contribution in [3.63, 3.8) is 0 Å². The topological polar surface area (TPSA) is 79.0 Å². The first-order valence-corrected chi connectivity index (χ1v) is 9.94. The summed E-state index contributed by atoms with van der Waals surface area (Å²) in [5.74, 6) is 0.467. The molecule has 2 fully saturated rings. The number of ether oxygens (including phenoxy) is 1. The Morgan fingerprint density at radius 3 is 2.71 bits per heavy atom. The third-order valence-electron chi connectivity index (χ3n) is 5.55. The highest BCUT2D eigenvalue weighted by atomic mass is 35.5. The van der Waals surface area contributed by atoms with Gasteiger partial charge in [-0.25, -0.2) is 4.79 Å². The van der Waals surface area contributed by atoms with Crippen LogP contribution < -0.4 is 10.1 Å². The van der Waals surface area contributed by atoms with Gasteiger partial charge in [0.15, 0.2) is 0 Å². The lowest BCUT2D eigenvalue weighted by Crippen LogP contribution is -2.44. The average Bonchev–Trinajstić information content (AvgIpc) is 3.22. The van der Waals surface area contributed by atoms with Crippen LogP contribution in [0.2, 0.25) is 5.02 Å². The van der Waals surface area contributed by atoms with Crippen molar-refractivity contribution in [1.82, 2.24) is 15.1 Å². The van der Waals surface area contributed by atoms with Gasteiger partial charge in [-0.1, -0.05) is 24.4 Å². The van der Waals surface area contributed by atoms with Crippen molar-refractivity contribution >= 4 is 29.4 Å². The molecule has 0 atom stereocenters. The smallest absolute Gasteiger partial charge is 0.325 e. The van der Waals surface area contributed by atoms with E-state index >= 15 is 0 Å². The molecule has 1 N–H and O–H groups in total. The number of nitrogens with one attached hydrogen (secondary N) is 1. The van der Waals surface area contributed by atoms with Crippen molar-refractivity contribution in [2.24, 2.45) is 0 Å². The van der Waals surface area contributed by atoms with Gasteiger partial charge in [-0.15, -0.1) is 0 Å². The van der Waals surface area contributed by atoms with E-state index in [0.29, 0.717) is 36.6 Å². The summed E-state index contributed by atoms with van der Waals surface area (Å²) in [5, 5.41) is 3.44. The number of carbonyl (C=O) groups is 3. The summed E-state index contributed by atoms with van der Waals surface area (Å²) < 4.78 is 5.31. The molecule has 152 valence electrons. The molecule has 8 heteroatoms. The van der Waals surface area contributed by atoms with E-state index in [9.17, 15) is 14.4 Å². The van der Waals surface area contributed by atoms with Crippen molar-refractivity contribution in [2.45, 2.75) is 50.6 Å². The summed E-state index contributed by atoms with van der Waals surface area (Å²) in [6.45, 7) is 0.626. The second kappa shape index (κ2) is 8.39. The number of imide groups is 1. The molecule has 1 saturated carbocycles. The Balaban J connectivity index is 1.51. The molecule has 0 radical (unpaired) electrons. The minimum atomic E-state index is -0.693. The first-order valence-electron chi connectivity index (χ1n) is 9.57. The highest BCUT2D eigenvalue weighted by Crippen LogP contribution is 2.35. The van der Waals surface area contributed by atoms with Crippen LogP contribution in [0.5, 0.6) is 5.75 Å². The molecule has 2 aliphatic rings. The van der Waals surface area contributed by atoms with Gasteiger partial charge < -0.3 is 15.0 Å². The second-order valence-corrected chi connectivity index (χ2v) is 7.92. The normalized spacial score (nSPS) is 17.9. The van der Waals surface area contributed by atoms with Crippen LogP contribution >= 0.6 is 11.6 Å². The number of amides is 4. The van der Waals surface area contributed by atoms with E-state index in [-0.39, 0.29) is 30.8 Å². The van der Waals surface area contributed by atoms with Gasteiger partial charge in [0.2, 0.25) is 5.91 Å². The molecule has 1 aromatic rings. The van der Waals surface area contributed by atoms with Crippen molar-refractivity contribution in [1.29, 1.82) is 0 Å². The number of urea groups is 1. The Labute approximate surface area is 169 Å². The van der Waals surface area contributed by atoms with Gasteiger partial charge in [0.1, 0.15) is 11.3 Å². The SMILES string of the molecule is COc1ccc(Cl)cc1CN(C)C(=O)CCCN1C(=O)NC2(CCCC2)C1=O. The van der Waals surface area contributed by atoms with Crippen LogP contribution in [-0.2, 0) is 16.1 Å². The predicted molar refractivity (Wildman–Crippen MR) is 105 cm³/mol. The van der Waals surface area contributed by atoms with E-state index in [1.807, 2.05) is 0 Å². The number of rotatable bonds is 7. The molecule has 0 unspecified atom stereocenters. The molecule has 1 aromatic carbocycles. The zero-order valence-corrected chi connectivity index (χ0v) is 17.1. The van der Waals surface area contributed by atoms with Crippen LogP contribution in [0.25, 0.3) is 0 Å². The Morgan fingerprint density at radius 1 is 1.32 bits per heavy atom. The number of hydrogen-bond acceptors (Lipinski definition) is 4. The molecule has 1 aliphatic carbocycles. The zero-order valence-electron chi connectivity index (χ0n) is 16.3. The predicted octanol–water partition coefficient (Wildman–Crippen LogP) is 2.95. The average molecular weight is 408 g/mol. The number of halogens is 1. The molecule has 1 saturated heterocycles. The number of carbonyl (C=O) groups excluding carboxylic acids is 3. The number of nitrogens with zero attached hydrogens (tertiary/aromatic N) is 2. The standard InChI is InChI=1S/C20H26ClN3O4/c1-23(13-14-12-15(21)7-8-16(14)28-2)17(25)6-5-11-24-18(26)20(22-19(24)27)9-3-4-10-20/h7-8,12H,3-6,9-11,13H2,1-2H3,(H,22,27). The Bertz CT molecular complexity index is 777. The molecule has 1 aliphatic heterocycles. The fourth-order valence-corrected chi connectivity index (χ4v) is 4.19. The lowest BCUT2D eigenvalue weighted by molar-refractivity contribution is -0.133. The lowest BCUT2D eigenvalue weighted by atomic mass is 9.98. The molecule has 1 heterocycles. The molecule has 4 amide bonds. The van der Waals surface area contributed by atoms with Crippen molar-refractivity contribution in [3.05, 3.63) is 28.8 Å². The van der Waals surface area contributed by atoms with Crippen LogP contribution in [0.1, 0.15) is 44.1 Å². The number of benzene rings is 1. The monoisotopic (exact) mass is 407 g/mol. The van der Waals surface area contributed by atoms with Crippen molar-refractivity contribution < 1.29 is 19.1 Å². The van der Waals surface area contributed by atoms with Crippen LogP contribution in [0.4, 0.5) is 4.79 Å². The van der Waals surface area contributed by atoms with E-state index in [1.54, 1.807) is 37.3 Å². The van der Waals surface area contributed by atoms with E-state index in [1.165, 1.54) is 4.90 Å². The van der Waals surface area contributed by atoms with Gasteiger partial charge in [0.25, 0.3) is 5.91 Å². The lowest BCUT2D eigenvalue weighted by Gasteiger charge is -2.21. The third kappa shape index (κ3) is 4.09. The molecule has 7 nitrogen and oxygen atoms in total. The largest absolute Gasteiger partial charge is 0.496 e. The maximum atomic E-state index is 12.6. The molecular formula is C20H26ClN3O4. The minimum Gasteiger partial charge on any atom is -0.496 e. The summed E-state index contributed by atoms with van der Waals surface area (Å²) >= 11 is 6.04. The molecule has 0 bridgehead atoms. The molecule has 28 heavy (non-hydrogen) atoms. The van der Waals surface area contributed by atoms with Crippen molar-refractivity contribution in [3.8, 4) is 5.75 Å².